The van der Waals surface area contributed by atoms with E-state index in [2.05, 4.69) is 9.97 Å². The number of primary sulfonamides is 1. The molecule has 5 nitrogen and oxygen atoms in total. The molecule has 0 aliphatic heterocycles. The number of hydrogen-bond acceptors (Lipinski definition) is 4. The molecule has 1 rings (SSSR count). The summed E-state index contributed by atoms with van der Waals surface area (Å²) < 4.78 is 21.2. The first kappa shape index (κ1) is 8.38. The maximum absolute atomic E-state index is 10.6. The van der Waals surface area contributed by atoms with Crippen LogP contribution in [0.2, 0.25) is 5.15 Å². The van der Waals surface area contributed by atoms with E-state index in [0.29, 0.717) is 0 Å². The van der Waals surface area contributed by atoms with Crippen LogP contribution >= 0.6 is 11.6 Å². The zero-order valence-corrected chi connectivity index (χ0v) is 6.80. The van der Waals surface area contributed by atoms with Crippen molar-refractivity contribution in [3.63, 3.8) is 0 Å². The van der Waals surface area contributed by atoms with Gasteiger partial charge in [-0.05, 0) is 0 Å². The molecule has 0 saturated heterocycles. The second kappa shape index (κ2) is 2.72. The topological polar surface area (TPSA) is 85.9 Å². The minimum atomic E-state index is -3.75. The first-order valence-corrected chi connectivity index (χ1v) is 4.43. The third kappa shape index (κ3) is 2.11. The summed E-state index contributed by atoms with van der Waals surface area (Å²) in [6, 6.07) is 0. The van der Waals surface area contributed by atoms with Gasteiger partial charge in [-0.3, -0.25) is 0 Å². The second-order valence-corrected chi connectivity index (χ2v) is 3.62. The molecule has 7 heteroatoms. The molecule has 2 N–H and O–H groups in total. The van der Waals surface area contributed by atoms with E-state index < -0.39 is 10.0 Å². The molecule has 0 unspecified atom stereocenters. The zero-order valence-electron chi connectivity index (χ0n) is 5.23. The number of sulfonamides is 1. The Morgan fingerprint density at radius 1 is 1.36 bits per heavy atom. The van der Waals surface area contributed by atoms with Crippen molar-refractivity contribution in [2.75, 3.05) is 0 Å². The van der Waals surface area contributed by atoms with Crippen LogP contribution in [0.25, 0.3) is 0 Å². The van der Waals surface area contributed by atoms with Crippen LogP contribution in [-0.2, 0) is 10.0 Å². The first-order chi connectivity index (χ1) is 5.00. The number of nitrogens with zero attached hydrogens (tertiary/aromatic N) is 2. The van der Waals surface area contributed by atoms with Gasteiger partial charge in [0, 0.05) is 0 Å². The molecule has 0 amide bonds. The lowest BCUT2D eigenvalue weighted by Crippen LogP contribution is -2.13. The Kier molecular flexibility index (Phi) is 2.08. The fraction of sp³-hybridized carbons (Fsp3) is 0. The third-order valence-corrected chi connectivity index (χ3v) is 1.88. The highest BCUT2D eigenvalue weighted by Gasteiger charge is 2.08. The fourth-order valence-electron chi connectivity index (χ4n) is 0.447. The fourth-order valence-corrected chi connectivity index (χ4v) is 0.944. The lowest BCUT2D eigenvalue weighted by Gasteiger charge is -1.93. The molecule has 1 aromatic heterocycles. The molecular weight excluding hydrogens is 190 g/mol. The van der Waals surface area contributed by atoms with Gasteiger partial charge >= 0.3 is 0 Å². The van der Waals surface area contributed by atoms with Crippen LogP contribution < -0.4 is 5.14 Å². The summed E-state index contributed by atoms with van der Waals surface area (Å²) in [6.07, 6.45) is 2.11. The minimum absolute atomic E-state index is 0.123. The molecule has 0 spiro atoms. The van der Waals surface area contributed by atoms with Gasteiger partial charge in [0.15, 0.2) is 5.03 Å². The maximum atomic E-state index is 10.6. The van der Waals surface area contributed by atoms with E-state index >= 15 is 0 Å². The normalized spacial score (nSPS) is 11.5. The van der Waals surface area contributed by atoms with Crippen LogP contribution in [0.15, 0.2) is 17.4 Å². The smallest absolute Gasteiger partial charge is 0.240 e. The van der Waals surface area contributed by atoms with Crippen molar-refractivity contribution in [2.45, 2.75) is 5.03 Å². The molecule has 0 fully saturated rings. The molecule has 0 atom stereocenters. The Hall–Kier alpha value is -0.720. The summed E-state index contributed by atoms with van der Waals surface area (Å²) in [7, 11) is -3.75. The number of nitrogens with two attached hydrogens (primary N) is 1. The molecule has 60 valence electrons. The highest BCUT2D eigenvalue weighted by Crippen LogP contribution is 2.03. The summed E-state index contributed by atoms with van der Waals surface area (Å²) >= 11 is 5.35. The van der Waals surface area contributed by atoms with Crippen molar-refractivity contribution >= 4 is 21.6 Å². The number of rotatable bonds is 1. The van der Waals surface area contributed by atoms with Crippen LogP contribution in [0, 0.1) is 0 Å². The molecule has 1 aromatic rings. The van der Waals surface area contributed by atoms with E-state index in [0.717, 1.165) is 12.4 Å². The van der Waals surface area contributed by atoms with Gasteiger partial charge in [-0.2, -0.15) is 0 Å². The first-order valence-electron chi connectivity index (χ1n) is 2.50. The van der Waals surface area contributed by atoms with Gasteiger partial charge in [0.05, 0.1) is 12.4 Å². The van der Waals surface area contributed by atoms with E-state index in [1.54, 1.807) is 0 Å². The summed E-state index contributed by atoms with van der Waals surface area (Å²) in [4.78, 5) is 6.93. The van der Waals surface area contributed by atoms with Crippen LogP contribution in [0.5, 0.6) is 0 Å². The molecular formula is C4H4ClN3O2S. The number of hydrogen-bond donors (Lipinski definition) is 1. The Morgan fingerprint density at radius 2 is 2.00 bits per heavy atom. The maximum Gasteiger partial charge on any atom is 0.257 e. The van der Waals surface area contributed by atoms with Crippen LogP contribution in [-0.4, -0.2) is 18.4 Å². The van der Waals surface area contributed by atoms with Crippen molar-refractivity contribution in [1.82, 2.24) is 9.97 Å². The van der Waals surface area contributed by atoms with E-state index in [1.807, 2.05) is 0 Å². The molecule has 0 aliphatic carbocycles. The monoisotopic (exact) mass is 193 g/mol. The summed E-state index contributed by atoms with van der Waals surface area (Å²) in [5.41, 5.74) is 0. The van der Waals surface area contributed by atoms with Gasteiger partial charge in [0.25, 0.3) is 10.0 Å². The van der Waals surface area contributed by atoms with Crippen LogP contribution in [0.3, 0.4) is 0 Å². The van der Waals surface area contributed by atoms with Crippen molar-refractivity contribution in [3.8, 4) is 0 Å². The van der Waals surface area contributed by atoms with Crippen molar-refractivity contribution < 1.29 is 8.42 Å². The molecule has 0 aromatic carbocycles. The highest BCUT2D eigenvalue weighted by molar-refractivity contribution is 7.89. The highest BCUT2D eigenvalue weighted by atomic mass is 35.5. The van der Waals surface area contributed by atoms with Crippen molar-refractivity contribution in [1.29, 1.82) is 0 Å². The molecule has 0 radical (unpaired) electrons. The number of halogens is 1. The molecule has 0 bridgehead atoms. The SMILES string of the molecule is NS(=O)(=O)c1cnc(Cl)cn1. The van der Waals surface area contributed by atoms with Crippen molar-refractivity contribution in [2.24, 2.45) is 5.14 Å². The minimum Gasteiger partial charge on any atom is -0.240 e. The van der Waals surface area contributed by atoms with E-state index in [9.17, 15) is 8.42 Å². The molecule has 0 aliphatic rings. The van der Waals surface area contributed by atoms with E-state index in [4.69, 9.17) is 16.7 Å². The number of aromatic nitrogens is 2. The quantitative estimate of drug-likeness (QED) is 0.668. The standard InChI is InChI=1S/C4H4ClN3O2S/c5-3-1-8-4(2-7-3)11(6,9)10/h1-2H,(H2,6,9,10). The Morgan fingerprint density at radius 3 is 2.36 bits per heavy atom. The second-order valence-electron chi connectivity index (χ2n) is 1.72. The van der Waals surface area contributed by atoms with Gasteiger partial charge in [0.1, 0.15) is 5.15 Å². The summed E-state index contributed by atoms with van der Waals surface area (Å²) in [5.74, 6) is 0. The summed E-state index contributed by atoms with van der Waals surface area (Å²) in [6.45, 7) is 0. The summed E-state index contributed by atoms with van der Waals surface area (Å²) in [5, 5.41) is 4.57. The van der Waals surface area contributed by atoms with Gasteiger partial charge in [-0.25, -0.2) is 23.5 Å². The molecule has 1 heterocycles. The predicted octanol–water partition coefficient (Wildman–Crippen LogP) is -0.223. The van der Waals surface area contributed by atoms with E-state index in [1.165, 1.54) is 0 Å². The average Bonchev–Trinajstić information content (AvgIpc) is 1.86. The Labute approximate surface area is 68.3 Å². The Bertz CT molecular complexity index is 346. The largest absolute Gasteiger partial charge is 0.257 e. The van der Waals surface area contributed by atoms with E-state index in [-0.39, 0.29) is 10.2 Å². The lowest BCUT2D eigenvalue weighted by atomic mass is 10.8. The predicted molar refractivity (Wildman–Crippen MR) is 38.4 cm³/mol. The molecule has 0 saturated carbocycles. The van der Waals surface area contributed by atoms with Gasteiger partial charge in [0.2, 0.25) is 0 Å². The average molecular weight is 194 g/mol. The van der Waals surface area contributed by atoms with Gasteiger partial charge in [-0.15, -0.1) is 0 Å². The third-order valence-electron chi connectivity index (χ3n) is 0.888. The molecule has 11 heavy (non-hydrogen) atoms. The Balaban J connectivity index is 3.20. The van der Waals surface area contributed by atoms with Crippen molar-refractivity contribution in [3.05, 3.63) is 17.5 Å². The van der Waals surface area contributed by atoms with Crippen LogP contribution in [0.1, 0.15) is 0 Å². The van der Waals surface area contributed by atoms with Crippen LogP contribution in [0.4, 0.5) is 0 Å². The van der Waals surface area contributed by atoms with Gasteiger partial charge in [-0.1, -0.05) is 11.6 Å². The lowest BCUT2D eigenvalue weighted by molar-refractivity contribution is 0.593. The van der Waals surface area contributed by atoms with Gasteiger partial charge < -0.3 is 0 Å². The zero-order chi connectivity index (χ0) is 8.48.